The van der Waals surface area contributed by atoms with Crippen LogP contribution in [0.1, 0.15) is 6.42 Å². The van der Waals surface area contributed by atoms with E-state index in [9.17, 15) is 13.2 Å². The van der Waals surface area contributed by atoms with Gasteiger partial charge in [-0.15, -0.1) is 0 Å². The van der Waals surface area contributed by atoms with E-state index in [0.717, 1.165) is 22.1 Å². The van der Waals surface area contributed by atoms with Crippen molar-refractivity contribution in [1.29, 1.82) is 0 Å². The Balaban J connectivity index is 1.46. The highest BCUT2D eigenvalue weighted by atomic mass is 32.2. The first-order valence-corrected chi connectivity index (χ1v) is 11.3. The van der Waals surface area contributed by atoms with Gasteiger partial charge in [-0.3, -0.25) is 4.79 Å². The number of hydrogen-bond acceptors (Lipinski definition) is 6. The molecule has 1 aliphatic heterocycles. The van der Waals surface area contributed by atoms with Gasteiger partial charge in [-0.2, -0.15) is 11.3 Å². The van der Waals surface area contributed by atoms with Crippen molar-refractivity contribution in [3.05, 3.63) is 41.3 Å². The van der Waals surface area contributed by atoms with E-state index < -0.39 is 9.84 Å². The number of fused-ring (bicyclic) bond motifs is 1. The third-order valence-electron chi connectivity index (χ3n) is 4.89. The van der Waals surface area contributed by atoms with E-state index in [1.807, 2.05) is 29.0 Å². The zero-order chi connectivity index (χ0) is 19.0. The maximum absolute atomic E-state index is 12.4. The quantitative estimate of drug-likeness (QED) is 0.652. The lowest BCUT2D eigenvalue weighted by Crippen LogP contribution is -2.40. The van der Waals surface area contributed by atoms with Crippen molar-refractivity contribution in [2.24, 2.45) is 0 Å². The summed E-state index contributed by atoms with van der Waals surface area (Å²) in [5, 5.41) is 4.98. The van der Waals surface area contributed by atoms with Gasteiger partial charge in [0.25, 0.3) is 5.91 Å². The van der Waals surface area contributed by atoms with Gasteiger partial charge in [0.1, 0.15) is 11.3 Å². The summed E-state index contributed by atoms with van der Waals surface area (Å²) < 4.78 is 34.5. The molecule has 1 amide bonds. The van der Waals surface area contributed by atoms with Crippen molar-refractivity contribution in [2.75, 3.05) is 25.2 Å². The second-order valence-corrected chi connectivity index (χ2v) is 9.68. The number of nitrogens with zero attached hydrogens (tertiary/aromatic N) is 1. The van der Waals surface area contributed by atoms with Crippen LogP contribution in [0.25, 0.3) is 22.1 Å². The zero-order valence-electron chi connectivity index (χ0n) is 14.8. The summed E-state index contributed by atoms with van der Waals surface area (Å²) in [6.07, 6.45) is 2.20. The molecule has 0 spiro atoms. The number of benzene rings is 1. The summed E-state index contributed by atoms with van der Waals surface area (Å²) in [5.41, 5.74) is 2.81. The smallest absolute Gasteiger partial charge is 0.260 e. The van der Waals surface area contributed by atoms with E-state index in [1.54, 1.807) is 30.7 Å². The van der Waals surface area contributed by atoms with E-state index in [0.29, 0.717) is 12.2 Å². The van der Waals surface area contributed by atoms with E-state index in [1.165, 1.54) is 4.90 Å². The summed E-state index contributed by atoms with van der Waals surface area (Å²) in [6.45, 7) is -0.135. The van der Waals surface area contributed by atoms with E-state index in [2.05, 4.69) is 0 Å². The number of carbonyl (C=O) groups excluding carboxylic acids is 1. The molecule has 6 nitrogen and oxygen atoms in total. The van der Waals surface area contributed by atoms with Crippen LogP contribution in [0.5, 0.6) is 5.75 Å². The normalized spacial score (nSPS) is 18.6. The molecule has 1 aromatic carbocycles. The number of furan rings is 1. The number of likely N-dealkylation sites (N-methyl/N-ethyl adjacent to an activating group) is 1. The predicted octanol–water partition coefficient (Wildman–Crippen LogP) is 3.19. The lowest BCUT2D eigenvalue weighted by Gasteiger charge is -2.23. The molecule has 0 bridgehead atoms. The second-order valence-electron chi connectivity index (χ2n) is 6.67. The number of carbonyl (C=O) groups is 1. The first kappa shape index (κ1) is 18.1. The molecule has 1 aliphatic rings. The van der Waals surface area contributed by atoms with Gasteiger partial charge in [-0.1, -0.05) is 0 Å². The highest BCUT2D eigenvalue weighted by molar-refractivity contribution is 7.91. The zero-order valence-corrected chi connectivity index (χ0v) is 16.4. The summed E-state index contributed by atoms with van der Waals surface area (Å²) in [4.78, 5) is 13.9. The van der Waals surface area contributed by atoms with E-state index in [4.69, 9.17) is 9.15 Å². The number of ether oxygens (including phenoxy) is 1. The highest BCUT2D eigenvalue weighted by Gasteiger charge is 2.32. The maximum Gasteiger partial charge on any atom is 0.260 e. The Labute approximate surface area is 161 Å². The molecule has 1 fully saturated rings. The van der Waals surface area contributed by atoms with Crippen molar-refractivity contribution < 1.29 is 22.4 Å². The minimum absolute atomic E-state index is 0.0280. The van der Waals surface area contributed by atoms with Crippen molar-refractivity contribution in [1.82, 2.24) is 4.90 Å². The predicted molar refractivity (Wildman–Crippen MR) is 105 cm³/mol. The van der Waals surface area contributed by atoms with Gasteiger partial charge in [0.15, 0.2) is 16.4 Å². The Kier molecular flexibility index (Phi) is 4.69. The molecule has 8 heteroatoms. The van der Waals surface area contributed by atoms with Crippen molar-refractivity contribution >= 4 is 38.1 Å². The van der Waals surface area contributed by atoms with Crippen LogP contribution in [-0.4, -0.2) is 50.4 Å². The maximum atomic E-state index is 12.4. The summed E-state index contributed by atoms with van der Waals surface area (Å²) in [7, 11) is -1.40. The molecule has 0 aliphatic carbocycles. The van der Waals surface area contributed by atoms with Crippen LogP contribution in [0.4, 0.5) is 0 Å². The number of rotatable bonds is 5. The van der Waals surface area contributed by atoms with Crippen LogP contribution in [0, 0.1) is 0 Å². The van der Waals surface area contributed by atoms with Crippen LogP contribution >= 0.6 is 11.3 Å². The Morgan fingerprint density at radius 2 is 2.22 bits per heavy atom. The Bertz CT molecular complexity index is 1070. The lowest BCUT2D eigenvalue weighted by molar-refractivity contribution is -0.133. The van der Waals surface area contributed by atoms with Crippen molar-refractivity contribution in [2.45, 2.75) is 12.5 Å². The van der Waals surface area contributed by atoms with Gasteiger partial charge in [0, 0.05) is 24.0 Å². The van der Waals surface area contributed by atoms with Gasteiger partial charge in [-0.05, 0) is 47.0 Å². The van der Waals surface area contributed by atoms with Gasteiger partial charge < -0.3 is 14.1 Å². The Morgan fingerprint density at radius 1 is 1.37 bits per heavy atom. The standard InChI is InChI=1S/C19H19NO5S2/c1-20(14-5-7-27(22,23)12-14)19(21)10-24-15-2-3-18-16(8-15)17(9-25-18)13-4-6-26-11-13/h2-4,6,8-9,11,14H,5,7,10,12H2,1H3/t14-/m0/s1. The summed E-state index contributed by atoms with van der Waals surface area (Å²) in [6, 6.07) is 7.19. The Morgan fingerprint density at radius 3 is 2.93 bits per heavy atom. The fourth-order valence-corrected chi connectivity index (χ4v) is 5.70. The third kappa shape index (κ3) is 3.72. The van der Waals surface area contributed by atoms with Gasteiger partial charge >= 0.3 is 0 Å². The molecule has 27 heavy (non-hydrogen) atoms. The SMILES string of the molecule is CN(C(=O)COc1ccc2occ(-c3ccsc3)c2c1)[C@H]1CCS(=O)(=O)C1. The molecule has 0 radical (unpaired) electrons. The minimum Gasteiger partial charge on any atom is -0.484 e. The van der Waals surface area contributed by atoms with Gasteiger partial charge in [0.05, 0.1) is 17.8 Å². The van der Waals surface area contributed by atoms with Crippen LogP contribution in [-0.2, 0) is 14.6 Å². The van der Waals surface area contributed by atoms with Crippen LogP contribution in [0.3, 0.4) is 0 Å². The van der Waals surface area contributed by atoms with Crippen LogP contribution in [0.15, 0.2) is 45.7 Å². The highest BCUT2D eigenvalue weighted by Crippen LogP contribution is 2.34. The molecule has 0 unspecified atom stereocenters. The molecule has 1 saturated heterocycles. The molecule has 0 saturated carbocycles. The molecular formula is C19H19NO5S2. The summed E-state index contributed by atoms with van der Waals surface area (Å²) >= 11 is 1.61. The monoisotopic (exact) mass is 405 g/mol. The average Bonchev–Trinajstić information content (AvgIpc) is 3.37. The van der Waals surface area contributed by atoms with Gasteiger partial charge in [0.2, 0.25) is 0 Å². The first-order valence-electron chi connectivity index (χ1n) is 8.56. The second kappa shape index (κ2) is 7.01. The van der Waals surface area contributed by atoms with E-state index >= 15 is 0 Å². The molecule has 4 rings (SSSR count). The van der Waals surface area contributed by atoms with E-state index in [-0.39, 0.29) is 30.1 Å². The minimum atomic E-state index is -3.03. The number of hydrogen-bond donors (Lipinski definition) is 0. The Hall–Kier alpha value is -2.32. The first-order chi connectivity index (χ1) is 12.9. The van der Waals surface area contributed by atoms with Crippen LogP contribution in [0.2, 0.25) is 0 Å². The molecule has 2 aromatic heterocycles. The topological polar surface area (TPSA) is 76.8 Å². The summed E-state index contributed by atoms with van der Waals surface area (Å²) in [5.74, 6) is 0.502. The average molecular weight is 405 g/mol. The molecular weight excluding hydrogens is 386 g/mol. The number of thiophene rings is 1. The number of amides is 1. The van der Waals surface area contributed by atoms with Crippen molar-refractivity contribution in [3.63, 3.8) is 0 Å². The molecule has 3 aromatic rings. The number of sulfone groups is 1. The fourth-order valence-electron chi connectivity index (χ4n) is 3.27. The lowest BCUT2D eigenvalue weighted by atomic mass is 10.1. The molecule has 1 atom stereocenters. The van der Waals surface area contributed by atoms with Gasteiger partial charge in [-0.25, -0.2) is 8.42 Å². The van der Waals surface area contributed by atoms with Crippen LogP contribution < -0.4 is 4.74 Å². The molecule has 142 valence electrons. The van der Waals surface area contributed by atoms with Crippen molar-refractivity contribution in [3.8, 4) is 16.9 Å². The molecule has 3 heterocycles. The fraction of sp³-hybridized carbons (Fsp3) is 0.316. The molecule has 0 N–H and O–H groups in total. The third-order valence-corrected chi connectivity index (χ3v) is 7.32. The largest absolute Gasteiger partial charge is 0.484 e.